The SMILES string of the molecule is CCCC/C=C/C1(c2cc(O)c([C@H]3C=C(C)[C@@H]4C[C@H]3C4(C)C)c(O)c2)CCCC1. The highest BCUT2D eigenvalue weighted by Crippen LogP contribution is 2.65. The summed E-state index contributed by atoms with van der Waals surface area (Å²) in [5.41, 5.74) is 3.46. The summed E-state index contributed by atoms with van der Waals surface area (Å²) < 4.78 is 0. The first-order valence-corrected chi connectivity index (χ1v) is 11.7. The van der Waals surface area contributed by atoms with Gasteiger partial charge in [0.1, 0.15) is 11.5 Å². The van der Waals surface area contributed by atoms with Gasteiger partial charge in [-0.25, -0.2) is 0 Å². The molecule has 0 spiro atoms. The zero-order valence-corrected chi connectivity index (χ0v) is 18.7. The fourth-order valence-electron chi connectivity index (χ4n) is 6.58. The van der Waals surface area contributed by atoms with Gasteiger partial charge in [-0.2, -0.15) is 0 Å². The van der Waals surface area contributed by atoms with E-state index in [0.717, 1.165) is 30.4 Å². The number of phenolic OH excluding ortho intramolecular Hbond substituents is 2. The Balaban J connectivity index is 1.69. The van der Waals surface area contributed by atoms with Gasteiger partial charge in [-0.1, -0.05) is 70.3 Å². The molecule has 2 N–H and O–H groups in total. The molecule has 2 heteroatoms. The molecule has 0 radical (unpaired) electrons. The van der Waals surface area contributed by atoms with E-state index in [1.165, 1.54) is 37.7 Å². The van der Waals surface area contributed by atoms with Crippen molar-refractivity contribution in [1.82, 2.24) is 0 Å². The van der Waals surface area contributed by atoms with Crippen molar-refractivity contribution >= 4 is 0 Å². The molecule has 158 valence electrons. The molecule has 3 atom stereocenters. The molecule has 2 nitrogen and oxygen atoms in total. The van der Waals surface area contributed by atoms with Gasteiger partial charge in [0.25, 0.3) is 0 Å². The van der Waals surface area contributed by atoms with E-state index in [2.05, 4.69) is 45.9 Å². The van der Waals surface area contributed by atoms with E-state index in [4.69, 9.17) is 0 Å². The van der Waals surface area contributed by atoms with Crippen molar-refractivity contribution in [3.63, 3.8) is 0 Å². The molecule has 2 saturated carbocycles. The molecule has 5 rings (SSSR count). The Morgan fingerprint density at radius 3 is 2.31 bits per heavy atom. The Morgan fingerprint density at radius 2 is 1.76 bits per heavy atom. The van der Waals surface area contributed by atoms with Crippen molar-refractivity contribution in [2.45, 2.75) is 90.4 Å². The molecule has 0 aromatic heterocycles. The van der Waals surface area contributed by atoms with E-state index < -0.39 is 0 Å². The van der Waals surface area contributed by atoms with Gasteiger partial charge >= 0.3 is 0 Å². The predicted molar refractivity (Wildman–Crippen MR) is 120 cm³/mol. The fourth-order valence-corrected chi connectivity index (χ4v) is 6.58. The average molecular weight is 395 g/mol. The number of allylic oxidation sites excluding steroid dienone is 4. The van der Waals surface area contributed by atoms with Crippen molar-refractivity contribution < 1.29 is 10.2 Å². The van der Waals surface area contributed by atoms with Gasteiger partial charge in [-0.05, 0) is 67.6 Å². The molecule has 29 heavy (non-hydrogen) atoms. The molecule has 0 unspecified atom stereocenters. The molecule has 4 aliphatic carbocycles. The maximum Gasteiger partial charge on any atom is 0.123 e. The Labute approximate surface area is 176 Å². The third kappa shape index (κ3) is 3.33. The van der Waals surface area contributed by atoms with Crippen LogP contribution in [0, 0.1) is 17.3 Å². The number of hydrogen-bond donors (Lipinski definition) is 2. The van der Waals surface area contributed by atoms with E-state index >= 15 is 0 Å². The van der Waals surface area contributed by atoms with Crippen LogP contribution in [0.2, 0.25) is 0 Å². The monoisotopic (exact) mass is 394 g/mol. The summed E-state index contributed by atoms with van der Waals surface area (Å²) in [5.74, 6) is 1.83. The van der Waals surface area contributed by atoms with Gasteiger partial charge in [0.2, 0.25) is 0 Å². The summed E-state index contributed by atoms with van der Waals surface area (Å²) >= 11 is 0. The molecule has 2 fully saturated rings. The third-order valence-corrected chi connectivity index (χ3v) is 8.47. The lowest BCUT2D eigenvalue weighted by Gasteiger charge is -2.59. The van der Waals surface area contributed by atoms with Crippen molar-refractivity contribution in [2.75, 3.05) is 0 Å². The van der Waals surface area contributed by atoms with Crippen LogP contribution in [0.1, 0.15) is 96.1 Å². The topological polar surface area (TPSA) is 40.5 Å². The Kier molecular flexibility index (Phi) is 5.34. The number of fused-ring (bicyclic) bond motifs is 1. The maximum atomic E-state index is 11.1. The smallest absolute Gasteiger partial charge is 0.123 e. The highest BCUT2D eigenvalue weighted by Gasteiger charge is 2.55. The normalized spacial score (nSPS) is 29.7. The van der Waals surface area contributed by atoms with Crippen LogP contribution < -0.4 is 0 Å². The number of benzene rings is 1. The highest BCUT2D eigenvalue weighted by atomic mass is 16.3. The number of phenols is 2. The van der Waals surface area contributed by atoms with Gasteiger partial charge in [0, 0.05) is 16.9 Å². The van der Waals surface area contributed by atoms with Gasteiger partial charge in [0.05, 0.1) is 0 Å². The van der Waals surface area contributed by atoms with E-state index in [0.29, 0.717) is 11.8 Å². The first kappa shape index (κ1) is 20.6. The lowest BCUT2D eigenvalue weighted by Crippen LogP contribution is -2.50. The average Bonchev–Trinajstić information content (AvgIpc) is 3.14. The zero-order chi connectivity index (χ0) is 20.8. The first-order chi connectivity index (χ1) is 13.8. The van der Waals surface area contributed by atoms with Gasteiger partial charge in [0.15, 0.2) is 0 Å². The molecule has 1 aromatic rings. The van der Waals surface area contributed by atoms with E-state index in [-0.39, 0.29) is 28.2 Å². The molecule has 0 amide bonds. The van der Waals surface area contributed by atoms with Crippen LogP contribution >= 0.6 is 0 Å². The Morgan fingerprint density at radius 1 is 1.10 bits per heavy atom. The molecule has 0 saturated heterocycles. The van der Waals surface area contributed by atoms with Crippen LogP contribution in [0.4, 0.5) is 0 Å². The minimum absolute atomic E-state index is 0.0274. The number of rotatable bonds is 6. The van der Waals surface area contributed by atoms with Crippen molar-refractivity contribution in [3.8, 4) is 11.5 Å². The van der Waals surface area contributed by atoms with Gasteiger partial charge < -0.3 is 10.2 Å². The Hall–Kier alpha value is -1.70. The second-order valence-electron chi connectivity index (χ2n) is 10.5. The second-order valence-corrected chi connectivity index (χ2v) is 10.5. The van der Waals surface area contributed by atoms with Crippen molar-refractivity contribution in [3.05, 3.63) is 47.1 Å². The van der Waals surface area contributed by atoms with Gasteiger partial charge in [-0.15, -0.1) is 0 Å². The lowest BCUT2D eigenvalue weighted by molar-refractivity contribution is -0.0198. The minimum atomic E-state index is -0.0274. The van der Waals surface area contributed by atoms with Gasteiger partial charge in [-0.3, -0.25) is 0 Å². The minimum Gasteiger partial charge on any atom is -0.507 e. The quantitative estimate of drug-likeness (QED) is 0.391. The summed E-state index contributed by atoms with van der Waals surface area (Å²) in [6.45, 7) is 9.12. The van der Waals surface area contributed by atoms with Crippen LogP contribution in [0.3, 0.4) is 0 Å². The largest absolute Gasteiger partial charge is 0.507 e. The Bertz CT molecular complexity index is 800. The van der Waals surface area contributed by atoms with Crippen molar-refractivity contribution in [2.24, 2.45) is 17.3 Å². The lowest BCUT2D eigenvalue weighted by atomic mass is 9.45. The highest BCUT2D eigenvalue weighted by molar-refractivity contribution is 5.54. The van der Waals surface area contributed by atoms with Crippen LogP contribution in [-0.4, -0.2) is 10.2 Å². The third-order valence-electron chi connectivity index (χ3n) is 8.47. The summed E-state index contributed by atoms with van der Waals surface area (Å²) in [6, 6.07) is 3.93. The molecular formula is C27H38O2. The van der Waals surface area contributed by atoms with Crippen LogP contribution in [0.25, 0.3) is 0 Å². The molecule has 0 aliphatic heterocycles. The fraction of sp³-hybridized carbons (Fsp3) is 0.630. The van der Waals surface area contributed by atoms with Crippen LogP contribution in [-0.2, 0) is 5.41 Å². The number of hydrogen-bond acceptors (Lipinski definition) is 2. The summed E-state index contributed by atoms with van der Waals surface area (Å²) in [7, 11) is 0. The summed E-state index contributed by atoms with van der Waals surface area (Å²) in [6.07, 6.45) is 16.3. The molecule has 1 aromatic carbocycles. The zero-order valence-electron chi connectivity index (χ0n) is 18.7. The van der Waals surface area contributed by atoms with E-state index in [9.17, 15) is 10.2 Å². The van der Waals surface area contributed by atoms with E-state index in [1.807, 2.05) is 12.1 Å². The molecule has 0 heterocycles. The number of unbranched alkanes of at least 4 members (excludes halogenated alkanes) is 2. The maximum absolute atomic E-state index is 11.1. The van der Waals surface area contributed by atoms with Crippen molar-refractivity contribution in [1.29, 1.82) is 0 Å². The molecule has 4 aliphatic rings. The molecule has 2 bridgehead atoms. The number of aromatic hydroxyl groups is 2. The second kappa shape index (κ2) is 7.52. The van der Waals surface area contributed by atoms with E-state index in [1.54, 1.807) is 0 Å². The summed E-state index contributed by atoms with van der Waals surface area (Å²) in [4.78, 5) is 0. The van der Waals surface area contributed by atoms with Crippen LogP contribution in [0.15, 0.2) is 35.9 Å². The predicted octanol–water partition coefficient (Wildman–Crippen LogP) is 7.36. The first-order valence-electron chi connectivity index (χ1n) is 11.7. The molecular weight excluding hydrogens is 356 g/mol. The summed E-state index contributed by atoms with van der Waals surface area (Å²) in [5, 5.41) is 22.2. The standard InChI is InChI=1S/C27H38O2/c1-5-6-7-8-11-27(12-9-10-13-27)19-15-23(28)25(24(29)16-19)20-14-18(2)21-17-22(20)26(21,3)4/h8,11,14-16,20-22,28-29H,5-7,9-10,12-13,17H2,1-4H3/b11-8+/t20-,21-,22+/m0/s1. The van der Waals surface area contributed by atoms with Crippen LogP contribution in [0.5, 0.6) is 11.5 Å².